The van der Waals surface area contributed by atoms with Crippen molar-refractivity contribution in [2.75, 3.05) is 11.9 Å². The number of hydrogen-bond donors (Lipinski definition) is 1. The molecule has 0 aliphatic heterocycles. The quantitative estimate of drug-likeness (QED) is 0.854. The predicted molar refractivity (Wildman–Crippen MR) is 89.3 cm³/mol. The van der Waals surface area contributed by atoms with E-state index in [4.69, 9.17) is 18.0 Å². The number of anilines is 2. The van der Waals surface area contributed by atoms with Gasteiger partial charge in [-0.15, -0.1) is 0 Å². The Morgan fingerprint density at radius 2 is 1.84 bits per heavy atom. The summed E-state index contributed by atoms with van der Waals surface area (Å²) in [5, 5.41) is 0. The molecular weight excluding hydrogens is 320 g/mol. The fraction of sp³-hybridized carbons (Fsp3) is 0.133. The Kier molecular flexibility index (Phi) is 4.22. The van der Waals surface area contributed by atoms with Crippen molar-refractivity contribution in [1.82, 2.24) is 0 Å². The molecule has 0 saturated heterocycles. The Balaban J connectivity index is 2.53. The molecule has 98 valence electrons. The molecule has 19 heavy (non-hydrogen) atoms. The smallest absolute Gasteiger partial charge is 0.106 e. The van der Waals surface area contributed by atoms with E-state index in [9.17, 15) is 0 Å². The molecule has 2 aromatic rings. The molecule has 0 aromatic heterocycles. The average molecular weight is 335 g/mol. The van der Waals surface area contributed by atoms with Crippen molar-refractivity contribution >= 4 is 44.5 Å². The number of halogens is 1. The van der Waals surface area contributed by atoms with Crippen LogP contribution in [0.2, 0.25) is 0 Å². The maximum Gasteiger partial charge on any atom is 0.106 e. The van der Waals surface area contributed by atoms with Crippen LogP contribution in [0.5, 0.6) is 0 Å². The molecule has 0 unspecified atom stereocenters. The van der Waals surface area contributed by atoms with Crippen molar-refractivity contribution < 1.29 is 0 Å². The summed E-state index contributed by atoms with van der Waals surface area (Å²) in [7, 11) is 2.02. The number of hydrogen-bond acceptors (Lipinski definition) is 2. The Labute approximate surface area is 127 Å². The predicted octanol–water partition coefficient (Wildman–Crippen LogP) is 4.16. The first kappa shape index (κ1) is 14.0. The number of benzene rings is 2. The topological polar surface area (TPSA) is 29.3 Å². The van der Waals surface area contributed by atoms with Gasteiger partial charge in [-0.1, -0.05) is 46.3 Å². The summed E-state index contributed by atoms with van der Waals surface area (Å²) in [6.45, 7) is 2.09. The zero-order chi connectivity index (χ0) is 14.0. The van der Waals surface area contributed by atoms with Crippen LogP contribution < -0.4 is 10.6 Å². The molecule has 0 radical (unpaired) electrons. The summed E-state index contributed by atoms with van der Waals surface area (Å²) in [5.74, 6) is 0. The van der Waals surface area contributed by atoms with Gasteiger partial charge >= 0.3 is 0 Å². The third kappa shape index (κ3) is 2.96. The van der Waals surface area contributed by atoms with Gasteiger partial charge in [0.25, 0.3) is 0 Å². The summed E-state index contributed by atoms with van der Waals surface area (Å²) >= 11 is 8.59. The van der Waals surface area contributed by atoms with Gasteiger partial charge in [-0.25, -0.2) is 0 Å². The zero-order valence-electron chi connectivity index (χ0n) is 10.9. The number of para-hydroxylation sites is 1. The van der Waals surface area contributed by atoms with Gasteiger partial charge in [-0.05, 0) is 36.8 Å². The Hall–Kier alpha value is -1.39. The minimum absolute atomic E-state index is 0.400. The van der Waals surface area contributed by atoms with Crippen LogP contribution in [-0.2, 0) is 0 Å². The monoisotopic (exact) mass is 334 g/mol. The van der Waals surface area contributed by atoms with Crippen LogP contribution in [0.4, 0.5) is 11.4 Å². The first-order chi connectivity index (χ1) is 9.00. The Bertz CT molecular complexity index is 625. The number of nitrogens with two attached hydrogens (primary N) is 1. The third-order valence-electron chi connectivity index (χ3n) is 3.06. The molecule has 0 bridgehead atoms. The zero-order valence-corrected chi connectivity index (χ0v) is 13.3. The minimum atomic E-state index is 0.400. The molecule has 0 heterocycles. The van der Waals surface area contributed by atoms with E-state index in [0.29, 0.717) is 4.99 Å². The number of thiocarbonyl (C=S) groups is 1. The van der Waals surface area contributed by atoms with Crippen LogP contribution in [0.1, 0.15) is 11.1 Å². The number of nitrogens with zero attached hydrogens (tertiary/aromatic N) is 1. The van der Waals surface area contributed by atoms with Gasteiger partial charge < -0.3 is 10.6 Å². The maximum atomic E-state index is 5.82. The van der Waals surface area contributed by atoms with Gasteiger partial charge in [-0.3, -0.25) is 0 Å². The first-order valence-corrected chi connectivity index (χ1v) is 7.09. The Morgan fingerprint density at radius 3 is 2.47 bits per heavy atom. The lowest BCUT2D eigenvalue weighted by molar-refractivity contribution is 1.18. The van der Waals surface area contributed by atoms with Crippen molar-refractivity contribution in [1.29, 1.82) is 0 Å². The second kappa shape index (κ2) is 5.72. The van der Waals surface area contributed by atoms with E-state index in [2.05, 4.69) is 39.9 Å². The van der Waals surface area contributed by atoms with E-state index in [0.717, 1.165) is 21.4 Å². The molecule has 2 nitrogen and oxygen atoms in total. The number of aryl methyl sites for hydroxylation is 1. The van der Waals surface area contributed by atoms with Gasteiger partial charge in [0.15, 0.2) is 0 Å². The lowest BCUT2D eigenvalue weighted by Gasteiger charge is -2.24. The van der Waals surface area contributed by atoms with Gasteiger partial charge in [0.2, 0.25) is 0 Å². The Morgan fingerprint density at radius 1 is 1.16 bits per heavy atom. The number of rotatable bonds is 3. The van der Waals surface area contributed by atoms with Gasteiger partial charge in [-0.2, -0.15) is 0 Å². The molecule has 0 aliphatic carbocycles. The second-order valence-electron chi connectivity index (χ2n) is 4.37. The molecule has 0 amide bonds. The standard InChI is InChI=1S/C15H15BrN2S/c1-10-5-3-4-6-13(10)18(2)14-8-7-11(16)9-12(14)15(17)19/h3-9H,1-2H3,(H2,17,19). The minimum Gasteiger partial charge on any atom is -0.389 e. The molecule has 2 rings (SSSR count). The van der Waals surface area contributed by atoms with E-state index >= 15 is 0 Å². The molecule has 2 aromatic carbocycles. The molecule has 0 aliphatic rings. The van der Waals surface area contributed by atoms with E-state index in [1.54, 1.807) is 0 Å². The average Bonchev–Trinajstić information content (AvgIpc) is 2.38. The van der Waals surface area contributed by atoms with E-state index in [-0.39, 0.29) is 0 Å². The van der Waals surface area contributed by atoms with Crippen molar-refractivity contribution in [3.63, 3.8) is 0 Å². The molecule has 0 saturated carbocycles. The molecule has 4 heteroatoms. The lowest BCUT2D eigenvalue weighted by atomic mass is 10.1. The third-order valence-corrected chi connectivity index (χ3v) is 3.78. The summed E-state index contributed by atoms with van der Waals surface area (Å²) in [4.78, 5) is 2.51. The van der Waals surface area contributed by atoms with Crippen molar-refractivity contribution in [3.05, 3.63) is 58.1 Å². The summed E-state index contributed by atoms with van der Waals surface area (Å²) in [6, 6.07) is 14.2. The van der Waals surface area contributed by atoms with Crippen molar-refractivity contribution in [2.45, 2.75) is 6.92 Å². The first-order valence-electron chi connectivity index (χ1n) is 5.89. The highest BCUT2D eigenvalue weighted by molar-refractivity contribution is 9.10. The fourth-order valence-electron chi connectivity index (χ4n) is 2.07. The second-order valence-corrected chi connectivity index (χ2v) is 5.73. The van der Waals surface area contributed by atoms with Crippen LogP contribution in [0.3, 0.4) is 0 Å². The van der Waals surface area contributed by atoms with E-state index < -0.39 is 0 Å². The van der Waals surface area contributed by atoms with Gasteiger partial charge in [0.1, 0.15) is 4.99 Å². The largest absolute Gasteiger partial charge is 0.389 e. The molecule has 0 atom stereocenters. The highest BCUT2D eigenvalue weighted by Crippen LogP contribution is 2.31. The summed E-state index contributed by atoms with van der Waals surface area (Å²) in [5.41, 5.74) is 10.0. The molecule has 0 spiro atoms. The van der Waals surface area contributed by atoms with Gasteiger partial charge in [0, 0.05) is 22.8 Å². The van der Waals surface area contributed by atoms with E-state index in [1.807, 2.05) is 37.4 Å². The van der Waals surface area contributed by atoms with Crippen molar-refractivity contribution in [2.24, 2.45) is 5.73 Å². The molecular formula is C15H15BrN2S. The SMILES string of the molecule is Cc1ccccc1N(C)c1ccc(Br)cc1C(N)=S. The van der Waals surface area contributed by atoms with Crippen LogP contribution in [0.25, 0.3) is 0 Å². The van der Waals surface area contributed by atoms with Crippen LogP contribution in [0, 0.1) is 6.92 Å². The molecule has 0 fully saturated rings. The normalized spacial score (nSPS) is 10.3. The van der Waals surface area contributed by atoms with Crippen LogP contribution >= 0.6 is 28.1 Å². The molecule has 2 N–H and O–H groups in total. The highest BCUT2D eigenvalue weighted by atomic mass is 79.9. The lowest BCUT2D eigenvalue weighted by Crippen LogP contribution is -2.18. The fourth-order valence-corrected chi connectivity index (χ4v) is 2.59. The van der Waals surface area contributed by atoms with Crippen molar-refractivity contribution in [3.8, 4) is 0 Å². The van der Waals surface area contributed by atoms with E-state index in [1.165, 1.54) is 5.56 Å². The van der Waals surface area contributed by atoms with Gasteiger partial charge in [0.05, 0.1) is 5.69 Å². The highest BCUT2D eigenvalue weighted by Gasteiger charge is 2.13. The van der Waals surface area contributed by atoms with Crippen LogP contribution in [0.15, 0.2) is 46.9 Å². The summed E-state index contributed by atoms with van der Waals surface area (Å²) < 4.78 is 0.970. The summed E-state index contributed by atoms with van der Waals surface area (Å²) in [6.07, 6.45) is 0. The maximum absolute atomic E-state index is 5.82. The van der Waals surface area contributed by atoms with Crippen LogP contribution in [-0.4, -0.2) is 12.0 Å².